The molecule has 0 spiro atoms. The highest BCUT2D eigenvalue weighted by Crippen LogP contribution is 2.37. The number of Topliss-reactive ketones (excluding diaryl/α,β-unsaturated/α-hetero) is 1. The number of nitrogens with two attached hydrogens (primary N) is 2. The summed E-state index contributed by atoms with van der Waals surface area (Å²) in [5, 5.41) is 0.599. The number of amides is 1. The lowest BCUT2D eigenvalue weighted by molar-refractivity contribution is 0.100. The molecule has 0 unspecified atom stereocenters. The Balaban J connectivity index is 3.21. The van der Waals surface area contributed by atoms with E-state index in [0.29, 0.717) is 23.0 Å². The molecule has 1 aromatic rings. The topological polar surface area (TPSA) is 98.7 Å². The van der Waals surface area contributed by atoms with Crippen LogP contribution in [0.5, 0.6) is 0 Å². The molecule has 4 N–H and O–H groups in total. The zero-order valence-corrected chi connectivity index (χ0v) is 11.5. The largest absolute Gasteiger partial charge is 0.397 e. The zero-order valence-electron chi connectivity index (χ0n) is 10.6. The summed E-state index contributed by atoms with van der Waals surface area (Å²) in [5.41, 5.74) is 11.5. The third-order valence-corrected chi connectivity index (χ3v) is 3.89. The van der Waals surface area contributed by atoms with Gasteiger partial charge >= 0.3 is 0 Å². The van der Waals surface area contributed by atoms with E-state index in [2.05, 4.69) is 0 Å². The summed E-state index contributed by atoms with van der Waals surface area (Å²) in [7, 11) is 3.38. The number of thiophene rings is 1. The first kappa shape index (κ1) is 14.5. The molecule has 0 aliphatic carbocycles. The van der Waals surface area contributed by atoms with Gasteiger partial charge in [-0.3, -0.25) is 9.59 Å². The van der Waals surface area contributed by atoms with Gasteiger partial charge in [-0.2, -0.15) is 0 Å². The number of carbonyl (C=O) groups excluding carboxylic acids is 2. The summed E-state index contributed by atoms with van der Waals surface area (Å²) in [5.74, 6) is -0.804. The Labute approximate surface area is 110 Å². The summed E-state index contributed by atoms with van der Waals surface area (Å²) >= 11 is 1.18. The van der Waals surface area contributed by atoms with Crippen molar-refractivity contribution < 1.29 is 14.3 Å². The highest BCUT2D eigenvalue weighted by molar-refractivity contribution is 7.19. The Morgan fingerprint density at radius 2 is 2.06 bits per heavy atom. The summed E-state index contributed by atoms with van der Waals surface area (Å²) in [4.78, 5) is 25.0. The summed E-state index contributed by atoms with van der Waals surface area (Å²) in [6, 6.07) is 0. The number of carbonyl (C=O) groups is 2. The van der Waals surface area contributed by atoms with Crippen molar-refractivity contribution in [3.05, 3.63) is 10.4 Å². The van der Waals surface area contributed by atoms with Crippen LogP contribution < -0.4 is 16.4 Å². The molecule has 1 heterocycles. The molecule has 1 rings (SSSR count). The number of rotatable bonds is 6. The zero-order chi connectivity index (χ0) is 13.9. The molecule has 0 aliphatic rings. The maximum Gasteiger partial charge on any atom is 0.253 e. The third kappa shape index (κ3) is 2.80. The Morgan fingerprint density at radius 3 is 2.50 bits per heavy atom. The van der Waals surface area contributed by atoms with Crippen LogP contribution in [0, 0.1) is 0 Å². The molecule has 0 radical (unpaired) electrons. The van der Waals surface area contributed by atoms with E-state index < -0.39 is 5.91 Å². The molecule has 1 amide bonds. The fourth-order valence-corrected chi connectivity index (χ4v) is 2.64. The van der Waals surface area contributed by atoms with E-state index in [9.17, 15) is 9.59 Å². The van der Waals surface area contributed by atoms with Gasteiger partial charge in [0.05, 0.1) is 22.7 Å². The van der Waals surface area contributed by atoms with Crippen molar-refractivity contribution in [1.29, 1.82) is 0 Å². The monoisotopic (exact) mass is 271 g/mol. The standard InChI is InChI=1S/C11H17N3O3S/c1-6(15)9-8(12)7(10(13)16)11(18-9)14(2)4-5-17-3/h4-5,12H2,1-3H3,(H2,13,16). The van der Waals surface area contributed by atoms with E-state index in [1.807, 2.05) is 0 Å². The van der Waals surface area contributed by atoms with Gasteiger partial charge in [0.25, 0.3) is 5.91 Å². The van der Waals surface area contributed by atoms with Gasteiger partial charge in [-0.25, -0.2) is 0 Å². The second-order valence-corrected chi connectivity index (χ2v) is 4.86. The molecule has 100 valence electrons. The van der Waals surface area contributed by atoms with Gasteiger partial charge in [-0.1, -0.05) is 0 Å². The number of ketones is 1. The highest BCUT2D eigenvalue weighted by Gasteiger charge is 2.24. The number of ether oxygens (including phenoxy) is 1. The predicted octanol–water partition coefficient (Wildman–Crippen LogP) is 0.714. The van der Waals surface area contributed by atoms with Crippen LogP contribution >= 0.6 is 11.3 Å². The second kappa shape index (κ2) is 5.83. The van der Waals surface area contributed by atoms with Crippen LogP contribution in [0.25, 0.3) is 0 Å². The van der Waals surface area contributed by atoms with E-state index in [0.717, 1.165) is 0 Å². The maximum absolute atomic E-state index is 11.4. The lowest BCUT2D eigenvalue weighted by Gasteiger charge is -2.17. The first-order valence-corrected chi connectivity index (χ1v) is 6.14. The number of likely N-dealkylation sites (N-methyl/N-ethyl adjacent to an activating group) is 1. The van der Waals surface area contributed by atoms with E-state index in [1.165, 1.54) is 18.3 Å². The first-order valence-electron chi connectivity index (χ1n) is 5.33. The van der Waals surface area contributed by atoms with E-state index in [-0.39, 0.29) is 17.0 Å². The molecule has 0 aliphatic heterocycles. The molecule has 0 saturated heterocycles. The smallest absolute Gasteiger partial charge is 0.253 e. The lowest BCUT2D eigenvalue weighted by Crippen LogP contribution is -2.24. The van der Waals surface area contributed by atoms with Crippen molar-refractivity contribution in [2.75, 3.05) is 37.9 Å². The van der Waals surface area contributed by atoms with Gasteiger partial charge < -0.3 is 21.1 Å². The van der Waals surface area contributed by atoms with Crippen LogP contribution in [0.4, 0.5) is 10.7 Å². The molecule has 0 bridgehead atoms. The maximum atomic E-state index is 11.4. The fourth-order valence-electron chi connectivity index (χ4n) is 1.53. The fraction of sp³-hybridized carbons (Fsp3) is 0.455. The van der Waals surface area contributed by atoms with E-state index >= 15 is 0 Å². The van der Waals surface area contributed by atoms with Crippen molar-refractivity contribution in [3.63, 3.8) is 0 Å². The molecule has 0 atom stereocenters. The summed E-state index contributed by atoms with van der Waals surface area (Å²) in [6.45, 7) is 2.49. The molecule has 0 fully saturated rings. The molecular formula is C11H17N3O3S. The molecule has 7 heteroatoms. The number of anilines is 2. The van der Waals surface area contributed by atoms with Gasteiger partial charge in [-0.05, 0) is 0 Å². The van der Waals surface area contributed by atoms with Crippen LogP contribution in [0.3, 0.4) is 0 Å². The lowest BCUT2D eigenvalue weighted by atomic mass is 10.2. The van der Waals surface area contributed by atoms with Gasteiger partial charge in [0.1, 0.15) is 5.00 Å². The number of nitrogen functional groups attached to an aromatic ring is 1. The van der Waals surface area contributed by atoms with Crippen LogP contribution in [0.1, 0.15) is 27.0 Å². The van der Waals surface area contributed by atoms with Gasteiger partial charge in [0.2, 0.25) is 0 Å². The van der Waals surface area contributed by atoms with Crippen molar-refractivity contribution in [1.82, 2.24) is 0 Å². The average molecular weight is 271 g/mol. The number of hydrogen-bond acceptors (Lipinski definition) is 6. The molecule has 1 aromatic heterocycles. The number of nitrogens with zero attached hydrogens (tertiary/aromatic N) is 1. The first-order chi connectivity index (χ1) is 8.40. The SMILES string of the molecule is COCCN(C)c1sc(C(C)=O)c(N)c1C(N)=O. The van der Waals surface area contributed by atoms with Crippen molar-refractivity contribution >= 4 is 33.7 Å². The van der Waals surface area contributed by atoms with Crippen molar-refractivity contribution in [2.45, 2.75) is 6.92 Å². The van der Waals surface area contributed by atoms with Crippen LogP contribution in [-0.2, 0) is 4.74 Å². The Bertz CT molecular complexity index is 470. The van der Waals surface area contributed by atoms with Gasteiger partial charge in [0.15, 0.2) is 5.78 Å². The minimum Gasteiger partial charge on any atom is -0.397 e. The Hall–Kier alpha value is -1.60. The Kier molecular flexibility index (Phi) is 4.69. The molecule has 6 nitrogen and oxygen atoms in total. The van der Waals surface area contributed by atoms with Crippen LogP contribution in [-0.4, -0.2) is 39.0 Å². The second-order valence-electron chi connectivity index (χ2n) is 3.86. The minimum atomic E-state index is -0.629. The van der Waals surface area contributed by atoms with Crippen molar-refractivity contribution in [2.24, 2.45) is 5.73 Å². The Morgan fingerprint density at radius 1 is 1.44 bits per heavy atom. The van der Waals surface area contributed by atoms with Crippen LogP contribution in [0.2, 0.25) is 0 Å². The van der Waals surface area contributed by atoms with E-state index in [4.69, 9.17) is 16.2 Å². The predicted molar refractivity (Wildman–Crippen MR) is 72.4 cm³/mol. The average Bonchev–Trinajstić information content (AvgIpc) is 2.63. The summed E-state index contributed by atoms with van der Waals surface area (Å²) in [6.07, 6.45) is 0. The molecule has 18 heavy (non-hydrogen) atoms. The number of methoxy groups -OCH3 is 1. The highest BCUT2D eigenvalue weighted by atomic mass is 32.1. The quantitative estimate of drug-likeness (QED) is 0.743. The van der Waals surface area contributed by atoms with Gasteiger partial charge in [-0.15, -0.1) is 11.3 Å². The molecular weight excluding hydrogens is 254 g/mol. The third-order valence-electron chi connectivity index (χ3n) is 2.47. The molecule has 0 aromatic carbocycles. The number of hydrogen-bond donors (Lipinski definition) is 2. The van der Waals surface area contributed by atoms with Gasteiger partial charge in [0, 0.05) is 27.6 Å². The summed E-state index contributed by atoms with van der Waals surface area (Å²) < 4.78 is 4.97. The van der Waals surface area contributed by atoms with Crippen molar-refractivity contribution in [3.8, 4) is 0 Å². The number of primary amides is 1. The van der Waals surface area contributed by atoms with E-state index in [1.54, 1.807) is 19.1 Å². The minimum absolute atomic E-state index is 0.166. The van der Waals surface area contributed by atoms with Crippen LogP contribution in [0.15, 0.2) is 0 Å². The molecule has 0 saturated carbocycles. The normalized spacial score (nSPS) is 10.4.